The highest BCUT2D eigenvalue weighted by Crippen LogP contribution is 2.45. The number of allylic oxidation sites excluding steroid dienone is 4. The molecule has 0 aliphatic heterocycles. The molecule has 2 unspecified atom stereocenters. The largest absolute Gasteiger partial charge is 0.472 e. The van der Waals surface area contributed by atoms with Crippen molar-refractivity contribution in [2.75, 3.05) is 39.6 Å². The number of rotatable bonds is 76. The van der Waals surface area contributed by atoms with Crippen LogP contribution in [0.4, 0.5) is 0 Å². The lowest BCUT2D eigenvalue weighted by atomic mass is 10.0. The topological polar surface area (TPSA) is 237 Å². The third kappa shape index (κ3) is 71.7. The predicted molar refractivity (Wildman–Crippen MR) is 395 cm³/mol. The van der Waals surface area contributed by atoms with E-state index < -0.39 is 97.5 Å². The average molecular weight is 1420 g/mol. The Kier molecular flexibility index (Phi) is 68.8. The maximum atomic E-state index is 13.1. The molecule has 0 spiro atoms. The molecule has 3 N–H and O–H groups in total. The molecule has 5 atom stereocenters. The summed E-state index contributed by atoms with van der Waals surface area (Å²) < 4.78 is 68.5. The van der Waals surface area contributed by atoms with E-state index in [1.54, 1.807) is 0 Å². The van der Waals surface area contributed by atoms with E-state index in [0.29, 0.717) is 31.6 Å². The number of aliphatic hydroxyl groups is 1. The molecule has 0 bridgehead atoms. The van der Waals surface area contributed by atoms with Crippen LogP contribution in [0.2, 0.25) is 0 Å². The zero-order valence-electron chi connectivity index (χ0n) is 62.7. The molecule has 97 heavy (non-hydrogen) atoms. The number of carbonyl (C=O) groups is 4. The summed E-state index contributed by atoms with van der Waals surface area (Å²) in [5.41, 5.74) is 0. The molecular weight excluding hydrogens is 1270 g/mol. The van der Waals surface area contributed by atoms with Crippen molar-refractivity contribution in [3.05, 3.63) is 24.3 Å². The number of phosphoric ester groups is 2. The van der Waals surface area contributed by atoms with Gasteiger partial charge in [0.1, 0.15) is 19.3 Å². The molecular formula is C78H148O17P2. The summed E-state index contributed by atoms with van der Waals surface area (Å²) in [5.74, 6) is -1.45. The molecule has 0 saturated heterocycles. The van der Waals surface area contributed by atoms with Crippen molar-refractivity contribution in [1.29, 1.82) is 0 Å². The van der Waals surface area contributed by atoms with Gasteiger partial charge in [-0.1, -0.05) is 335 Å². The lowest BCUT2D eigenvalue weighted by Gasteiger charge is -2.21. The highest BCUT2D eigenvalue weighted by Gasteiger charge is 2.30. The van der Waals surface area contributed by atoms with Gasteiger partial charge < -0.3 is 33.8 Å². The van der Waals surface area contributed by atoms with Gasteiger partial charge in [-0.05, 0) is 57.3 Å². The van der Waals surface area contributed by atoms with Crippen molar-refractivity contribution in [1.82, 2.24) is 0 Å². The first-order chi connectivity index (χ1) is 47.0. The van der Waals surface area contributed by atoms with Crippen molar-refractivity contribution in [3.63, 3.8) is 0 Å². The number of esters is 4. The number of hydrogen-bond donors (Lipinski definition) is 3. The minimum atomic E-state index is -4.97. The van der Waals surface area contributed by atoms with Crippen LogP contribution in [0.3, 0.4) is 0 Å². The molecule has 19 heteroatoms. The standard InChI is InChI=1S/C78H148O17P2/c1-6-9-12-15-18-21-24-26-28-29-30-31-32-33-34-36-38-40-43-48-53-58-63-77(82)94-73(67-89-76(81)62-57-52-47-42-39-37-35-27-25-22-19-16-13-10-7-2)69-92-96(84,85)90-65-72(79)66-91-97(86,87)93-70-74(95-78(83)64-59-54-49-44-45-50-55-60-71(4)5)68-88-75(80)61-56-51-46-41-23-20-17-14-11-8-3/h22,25,27,35,71-74,79H,6-21,23-24,26,28-34,36-70H2,1-5H3,(H,84,85)(H,86,87)/b25-22-,35-27-/t72-,73-,74-/m1/s1. The predicted octanol–water partition coefficient (Wildman–Crippen LogP) is 22.8. The monoisotopic (exact) mass is 1420 g/mol. The average Bonchev–Trinajstić information content (AvgIpc) is 0.999. The summed E-state index contributed by atoms with van der Waals surface area (Å²) in [7, 11) is -9.92. The smallest absolute Gasteiger partial charge is 0.462 e. The minimum Gasteiger partial charge on any atom is -0.462 e. The van der Waals surface area contributed by atoms with Crippen molar-refractivity contribution in [2.45, 2.75) is 406 Å². The molecule has 0 aromatic carbocycles. The number of carbonyl (C=O) groups excluding carboxylic acids is 4. The van der Waals surface area contributed by atoms with Crippen LogP contribution >= 0.6 is 15.6 Å². The normalized spacial score (nSPS) is 14.1. The van der Waals surface area contributed by atoms with E-state index in [4.69, 9.17) is 37.0 Å². The molecule has 0 aliphatic rings. The molecule has 0 rings (SSSR count). The third-order valence-corrected chi connectivity index (χ3v) is 19.6. The molecule has 572 valence electrons. The summed E-state index contributed by atoms with van der Waals surface area (Å²) >= 11 is 0. The van der Waals surface area contributed by atoms with E-state index in [9.17, 15) is 43.2 Å². The molecule has 0 aromatic heterocycles. The number of hydrogen-bond acceptors (Lipinski definition) is 15. The number of aliphatic hydroxyl groups excluding tert-OH is 1. The third-order valence-electron chi connectivity index (χ3n) is 17.7. The van der Waals surface area contributed by atoms with E-state index in [2.05, 4.69) is 58.9 Å². The molecule has 0 aliphatic carbocycles. The highest BCUT2D eigenvalue weighted by atomic mass is 31.2. The van der Waals surface area contributed by atoms with Crippen LogP contribution in [0.25, 0.3) is 0 Å². The van der Waals surface area contributed by atoms with Gasteiger partial charge in [0.15, 0.2) is 12.2 Å². The number of unbranched alkanes of at least 4 members (excludes halogenated alkanes) is 45. The Morgan fingerprint density at radius 1 is 0.320 bits per heavy atom. The van der Waals surface area contributed by atoms with E-state index in [1.165, 1.54) is 193 Å². The molecule has 0 amide bonds. The van der Waals surface area contributed by atoms with Crippen molar-refractivity contribution in [2.24, 2.45) is 5.92 Å². The van der Waals surface area contributed by atoms with Gasteiger partial charge in [-0.2, -0.15) is 0 Å². The maximum absolute atomic E-state index is 13.1. The Bertz CT molecular complexity index is 1950. The minimum absolute atomic E-state index is 0.102. The molecule has 0 heterocycles. The molecule has 0 fully saturated rings. The Morgan fingerprint density at radius 2 is 0.557 bits per heavy atom. The van der Waals surface area contributed by atoms with Gasteiger partial charge in [-0.3, -0.25) is 37.3 Å². The van der Waals surface area contributed by atoms with E-state index in [1.807, 2.05) is 0 Å². The fraction of sp³-hybridized carbons (Fsp3) is 0.897. The summed E-state index contributed by atoms with van der Waals surface area (Å²) in [5, 5.41) is 10.6. The SMILES string of the molecule is CCCCCC/C=C\C=C/CCCCCCCC(=O)OC[C@H](COP(=O)(O)OC[C@@H](O)COP(=O)(O)OC[C@@H](COC(=O)CCCCCCCCCCCC)OC(=O)CCCCCCCCCC(C)C)OC(=O)CCCCCCCCCCCCCCCCCCCCCCCC. The molecule has 17 nitrogen and oxygen atoms in total. The first kappa shape index (κ1) is 94.5. The van der Waals surface area contributed by atoms with Crippen LogP contribution in [0.1, 0.15) is 388 Å². The second kappa shape index (κ2) is 70.6. The zero-order valence-corrected chi connectivity index (χ0v) is 64.5. The van der Waals surface area contributed by atoms with Gasteiger partial charge in [-0.15, -0.1) is 0 Å². The van der Waals surface area contributed by atoms with Crippen LogP contribution in [0.15, 0.2) is 24.3 Å². The van der Waals surface area contributed by atoms with Crippen molar-refractivity contribution in [3.8, 4) is 0 Å². The van der Waals surface area contributed by atoms with Gasteiger partial charge in [0.25, 0.3) is 0 Å². The van der Waals surface area contributed by atoms with Gasteiger partial charge in [0, 0.05) is 25.7 Å². The summed E-state index contributed by atoms with van der Waals surface area (Å²) in [6.45, 7) is 7.15. The Balaban J connectivity index is 5.21. The molecule has 0 aromatic rings. The fourth-order valence-corrected chi connectivity index (χ4v) is 13.1. The van der Waals surface area contributed by atoms with Gasteiger partial charge in [0.05, 0.1) is 26.4 Å². The van der Waals surface area contributed by atoms with E-state index in [-0.39, 0.29) is 25.7 Å². The van der Waals surface area contributed by atoms with E-state index in [0.717, 1.165) is 109 Å². The number of phosphoric acid groups is 2. The van der Waals surface area contributed by atoms with Crippen molar-refractivity contribution >= 4 is 39.5 Å². The second-order valence-electron chi connectivity index (χ2n) is 27.9. The number of ether oxygens (including phenoxy) is 4. The van der Waals surface area contributed by atoms with E-state index >= 15 is 0 Å². The van der Waals surface area contributed by atoms with Crippen LogP contribution in [0.5, 0.6) is 0 Å². The van der Waals surface area contributed by atoms with Crippen molar-refractivity contribution < 1.29 is 80.2 Å². The van der Waals surface area contributed by atoms with Crippen LogP contribution in [-0.4, -0.2) is 96.7 Å². The lowest BCUT2D eigenvalue weighted by Crippen LogP contribution is -2.30. The van der Waals surface area contributed by atoms with Gasteiger partial charge >= 0.3 is 39.5 Å². The van der Waals surface area contributed by atoms with Crippen LogP contribution in [0, 0.1) is 5.92 Å². The first-order valence-electron chi connectivity index (χ1n) is 40.0. The second-order valence-corrected chi connectivity index (χ2v) is 30.8. The molecule has 0 radical (unpaired) electrons. The van der Waals surface area contributed by atoms with Gasteiger partial charge in [0.2, 0.25) is 0 Å². The quantitative estimate of drug-likeness (QED) is 0.0169. The highest BCUT2D eigenvalue weighted by molar-refractivity contribution is 7.47. The molecule has 0 saturated carbocycles. The van der Waals surface area contributed by atoms with Crippen LogP contribution < -0.4 is 0 Å². The summed E-state index contributed by atoms with van der Waals surface area (Å²) in [6.07, 6.45) is 63.5. The Morgan fingerprint density at radius 3 is 0.845 bits per heavy atom. The Labute approximate surface area is 592 Å². The van der Waals surface area contributed by atoms with Gasteiger partial charge in [-0.25, -0.2) is 9.13 Å². The summed E-state index contributed by atoms with van der Waals surface area (Å²) in [4.78, 5) is 72.7. The fourth-order valence-electron chi connectivity index (χ4n) is 11.5. The summed E-state index contributed by atoms with van der Waals surface area (Å²) in [6, 6.07) is 0. The maximum Gasteiger partial charge on any atom is 0.472 e. The lowest BCUT2D eigenvalue weighted by molar-refractivity contribution is -0.161. The Hall–Kier alpha value is -2.46. The zero-order chi connectivity index (χ0) is 71.2. The van der Waals surface area contributed by atoms with Crippen LogP contribution in [-0.2, 0) is 65.4 Å². The first-order valence-corrected chi connectivity index (χ1v) is 42.9.